The number of hydrogen-bond donors (Lipinski definition) is 2. The molecule has 3 aliphatic rings. The predicted molar refractivity (Wildman–Crippen MR) is 99.4 cm³/mol. The largest absolute Gasteiger partial charge is 0.356 e. The molecule has 3 fully saturated rings. The van der Waals surface area contributed by atoms with Crippen molar-refractivity contribution in [1.82, 2.24) is 15.6 Å². The lowest BCUT2D eigenvalue weighted by atomic mass is 9.79. The first kappa shape index (κ1) is 17.5. The first-order valence-corrected chi connectivity index (χ1v) is 10.0. The summed E-state index contributed by atoms with van der Waals surface area (Å²) in [6.07, 6.45) is 10.1. The number of carbonyl (C=O) groups is 2. The van der Waals surface area contributed by atoms with E-state index in [0.29, 0.717) is 30.3 Å². The Labute approximate surface area is 155 Å². The Balaban J connectivity index is 1.17. The summed E-state index contributed by atoms with van der Waals surface area (Å²) >= 11 is 0. The summed E-state index contributed by atoms with van der Waals surface area (Å²) in [4.78, 5) is 28.8. The van der Waals surface area contributed by atoms with Gasteiger partial charge in [0.1, 0.15) is 0 Å². The third kappa shape index (κ3) is 3.62. The minimum atomic E-state index is 0.0542. The fraction of sp³-hybridized carbons (Fsp3) is 0.667. The van der Waals surface area contributed by atoms with Gasteiger partial charge in [-0.05, 0) is 68.4 Å². The van der Waals surface area contributed by atoms with E-state index in [9.17, 15) is 9.59 Å². The molecule has 1 unspecified atom stereocenters. The van der Waals surface area contributed by atoms with Crippen molar-refractivity contribution in [3.05, 3.63) is 29.6 Å². The van der Waals surface area contributed by atoms with Crippen LogP contribution in [0.3, 0.4) is 0 Å². The highest BCUT2D eigenvalue weighted by Crippen LogP contribution is 2.65. The normalized spacial score (nSPS) is 28.4. The molecule has 1 spiro atoms. The minimum Gasteiger partial charge on any atom is -0.356 e. The molecule has 0 saturated heterocycles. The van der Waals surface area contributed by atoms with E-state index in [1.807, 2.05) is 19.1 Å². The summed E-state index contributed by atoms with van der Waals surface area (Å²) in [5, 5.41) is 6.33. The lowest BCUT2D eigenvalue weighted by molar-refractivity contribution is -0.124. The van der Waals surface area contributed by atoms with Crippen LogP contribution in [0.25, 0.3) is 0 Å². The Morgan fingerprint density at radius 2 is 2.15 bits per heavy atom. The number of nitrogens with one attached hydrogen (secondary N) is 2. The first-order valence-electron chi connectivity index (χ1n) is 10.0. The number of aromatic nitrogens is 1. The molecule has 3 aliphatic carbocycles. The predicted octanol–water partition coefficient (Wildman–Crippen LogP) is 2.52. The van der Waals surface area contributed by atoms with E-state index >= 15 is 0 Å². The van der Waals surface area contributed by atoms with Gasteiger partial charge in [-0.15, -0.1) is 0 Å². The van der Waals surface area contributed by atoms with Crippen LogP contribution in [0.1, 0.15) is 56.2 Å². The molecule has 0 aliphatic heterocycles. The standard InChI is InChI=1S/C21H29N3O2/c1-14-16(4-2-9-22-14)11-19(25)23-13-15-5-6-17(10-15)24-20(26)18-12-21(18)7-3-8-21/h2,4,9,15,17-18H,3,5-8,10-13H2,1H3,(H,23,25)(H,24,26)/t15-,17+,18?/m1/s1. The van der Waals surface area contributed by atoms with Gasteiger partial charge in [0.25, 0.3) is 0 Å². The summed E-state index contributed by atoms with van der Waals surface area (Å²) in [7, 11) is 0. The Morgan fingerprint density at radius 3 is 2.85 bits per heavy atom. The number of rotatable bonds is 6. The topological polar surface area (TPSA) is 71.1 Å². The molecule has 1 heterocycles. The monoisotopic (exact) mass is 355 g/mol. The number of amides is 2. The molecule has 5 heteroatoms. The molecule has 140 valence electrons. The van der Waals surface area contributed by atoms with E-state index in [4.69, 9.17) is 0 Å². The van der Waals surface area contributed by atoms with Gasteiger partial charge in [0.2, 0.25) is 11.8 Å². The molecule has 3 atom stereocenters. The smallest absolute Gasteiger partial charge is 0.224 e. The van der Waals surface area contributed by atoms with Crippen molar-refractivity contribution in [3.8, 4) is 0 Å². The Kier molecular flexibility index (Phi) is 4.72. The molecule has 2 amide bonds. The fourth-order valence-electron chi connectivity index (χ4n) is 4.79. The Hall–Kier alpha value is -1.91. The molecular formula is C21H29N3O2. The number of pyridine rings is 1. The van der Waals surface area contributed by atoms with Crippen LogP contribution in [0.4, 0.5) is 0 Å². The quantitative estimate of drug-likeness (QED) is 0.824. The molecule has 26 heavy (non-hydrogen) atoms. The van der Waals surface area contributed by atoms with Crippen molar-refractivity contribution in [1.29, 1.82) is 0 Å². The van der Waals surface area contributed by atoms with Crippen molar-refractivity contribution in [3.63, 3.8) is 0 Å². The molecule has 0 bridgehead atoms. The van der Waals surface area contributed by atoms with E-state index in [1.54, 1.807) is 6.20 Å². The molecule has 3 saturated carbocycles. The van der Waals surface area contributed by atoms with Crippen LogP contribution >= 0.6 is 0 Å². The molecule has 5 nitrogen and oxygen atoms in total. The van der Waals surface area contributed by atoms with Crippen molar-refractivity contribution in [2.45, 2.75) is 64.3 Å². The van der Waals surface area contributed by atoms with Crippen LogP contribution in [0.5, 0.6) is 0 Å². The second kappa shape index (κ2) is 7.01. The maximum Gasteiger partial charge on any atom is 0.224 e. The minimum absolute atomic E-state index is 0.0542. The lowest BCUT2D eigenvalue weighted by Gasteiger charge is -2.26. The molecule has 0 radical (unpaired) electrons. The summed E-state index contributed by atoms with van der Waals surface area (Å²) in [6, 6.07) is 4.12. The summed E-state index contributed by atoms with van der Waals surface area (Å²) in [5.41, 5.74) is 2.30. The fourth-order valence-corrected chi connectivity index (χ4v) is 4.79. The maximum absolute atomic E-state index is 12.4. The van der Waals surface area contributed by atoms with Crippen LogP contribution in [0, 0.1) is 24.2 Å². The highest BCUT2D eigenvalue weighted by atomic mass is 16.2. The van der Waals surface area contributed by atoms with Gasteiger partial charge in [-0.1, -0.05) is 12.5 Å². The van der Waals surface area contributed by atoms with Gasteiger partial charge in [-0.25, -0.2) is 0 Å². The van der Waals surface area contributed by atoms with E-state index in [1.165, 1.54) is 19.3 Å². The summed E-state index contributed by atoms with van der Waals surface area (Å²) < 4.78 is 0. The summed E-state index contributed by atoms with van der Waals surface area (Å²) in [5.74, 6) is 1.10. The highest BCUT2D eigenvalue weighted by Gasteiger charge is 2.61. The molecule has 0 aromatic carbocycles. The summed E-state index contributed by atoms with van der Waals surface area (Å²) in [6.45, 7) is 2.64. The van der Waals surface area contributed by atoms with E-state index in [2.05, 4.69) is 15.6 Å². The van der Waals surface area contributed by atoms with Crippen molar-refractivity contribution >= 4 is 11.8 Å². The molecular weight excluding hydrogens is 326 g/mol. The van der Waals surface area contributed by atoms with Gasteiger partial charge < -0.3 is 10.6 Å². The van der Waals surface area contributed by atoms with Crippen molar-refractivity contribution in [2.24, 2.45) is 17.3 Å². The van der Waals surface area contributed by atoms with Crippen LogP contribution < -0.4 is 10.6 Å². The van der Waals surface area contributed by atoms with Gasteiger partial charge in [0.05, 0.1) is 6.42 Å². The van der Waals surface area contributed by atoms with Crippen LogP contribution in [0.15, 0.2) is 18.3 Å². The first-order chi connectivity index (χ1) is 12.6. The van der Waals surface area contributed by atoms with Gasteiger partial charge in [-0.3, -0.25) is 14.6 Å². The van der Waals surface area contributed by atoms with Crippen LogP contribution in [0.2, 0.25) is 0 Å². The average molecular weight is 355 g/mol. The third-order valence-electron chi connectivity index (χ3n) is 6.80. The molecule has 1 aromatic heterocycles. The zero-order valence-corrected chi connectivity index (χ0v) is 15.6. The maximum atomic E-state index is 12.4. The van der Waals surface area contributed by atoms with Crippen molar-refractivity contribution < 1.29 is 9.59 Å². The lowest BCUT2D eigenvalue weighted by Crippen LogP contribution is -2.37. The van der Waals surface area contributed by atoms with E-state index < -0.39 is 0 Å². The van der Waals surface area contributed by atoms with Gasteiger partial charge in [0.15, 0.2) is 0 Å². The average Bonchev–Trinajstić information content (AvgIpc) is 3.23. The van der Waals surface area contributed by atoms with Crippen LogP contribution in [-0.4, -0.2) is 29.4 Å². The third-order valence-corrected chi connectivity index (χ3v) is 6.80. The SMILES string of the molecule is Cc1ncccc1CC(=O)NC[C@@H]1CC[C@H](NC(=O)C2CC23CCC3)C1. The number of nitrogens with zero attached hydrogens (tertiary/aromatic N) is 1. The van der Waals surface area contributed by atoms with Crippen LogP contribution in [-0.2, 0) is 16.0 Å². The van der Waals surface area contributed by atoms with E-state index in [0.717, 1.165) is 36.9 Å². The molecule has 1 aromatic rings. The second-order valence-corrected chi connectivity index (χ2v) is 8.59. The molecule has 2 N–H and O–H groups in total. The zero-order chi connectivity index (χ0) is 18.1. The van der Waals surface area contributed by atoms with Gasteiger partial charge in [-0.2, -0.15) is 0 Å². The number of carbonyl (C=O) groups excluding carboxylic acids is 2. The highest BCUT2D eigenvalue weighted by molar-refractivity contribution is 5.83. The Morgan fingerprint density at radius 1 is 1.31 bits per heavy atom. The van der Waals surface area contributed by atoms with Gasteiger partial charge in [0, 0.05) is 30.4 Å². The number of hydrogen-bond acceptors (Lipinski definition) is 3. The second-order valence-electron chi connectivity index (χ2n) is 8.59. The van der Waals surface area contributed by atoms with E-state index in [-0.39, 0.29) is 17.7 Å². The Bertz CT molecular complexity index is 698. The van der Waals surface area contributed by atoms with Crippen molar-refractivity contribution in [2.75, 3.05) is 6.54 Å². The number of aryl methyl sites for hydroxylation is 1. The van der Waals surface area contributed by atoms with Gasteiger partial charge >= 0.3 is 0 Å². The zero-order valence-electron chi connectivity index (χ0n) is 15.6. The molecule has 4 rings (SSSR count).